The maximum Gasteiger partial charge on any atom is 1.00 e. The molecule has 2 saturated carbocycles. The fraction of sp³-hybridized carbons (Fsp3) is 0.596. The fourth-order valence-corrected chi connectivity index (χ4v) is 11.8. The number of rotatable bonds is 9. The van der Waals surface area contributed by atoms with Crippen LogP contribution in [0.15, 0.2) is 60.7 Å². The topological polar surface area (TPSA) is 150 Å². The monoisotopic (exact) mass is 924 g/mol. The molecule has 0 atom stereocenters. The Morgan fingerprint density at radius 3 is 1.60 bits per heavy atom. The van der Waals surface area contributed by atoms with E-state index in [1.807, 2.05) is 62.5 Å². The van der Waals surface area contributed by atoms with Crippen LogP contribution in [-0.4, -0.2) is 107 Å². The molecular weight excluding hydrogens is 854 g/mol. The summed E-state index contributed by atoms with van der Waals surface area (Å²) in [7, 11) is 0. The van der Waals surface area contributed by atoms with Gasteiger partial charge in [-0.05, 0) is 107 Å². The molecule has 2 aromatic heterocycles. The molecule has 4 aromatic rings. The number of esters is 1. The number of fused-ring (bicyclic) bond motifs is 2. The standard InChI is InChI=1S/C25H31N3O4.C23H29N3O3.C4H8O.B.Li.H/c1-2-32-23(29)22-21(20-17-31-15-14-28(20)26-22)19-8-10-25(11-9-19)12-13-27(24(25)30)16-18-6-4-3-5-7-18;27-15-19-21(20-16-29-13-12-26(20)24-19)18-6-8-23(9-7-18)10-11-25(22(23)28)14-17-4-2-1-3-5-17;1-2-4-5-3-1;;;/h3-7,19H,2,8-17H2,1H3;1-5,18,27H,6-16H2;1-4H2;;;/q;;;;+1;-1. The van der Waals surface area contributed by atoms with Crippen LogP contribution >= 0.6 is 0 Å². The number of aliphatic hydroxyl groups excluding tert-OH is 1. The van der Waals surface area contributed by atoms with E-state index in [1.54, 1.807) is 0 Å². The summed E-state index contributed by atoms with van der Waals surface area (Å²) >= 11 is 0. The van der Waals surface area contributed by atoms with E-state index in [2.05, 4.69) is 34.5 Å². The van der Waals surface area contributed by atoms with E-state index >= 15 is 0 Å². The predicted molar refractivity (Wildman–Crippen MR) is 253 cm³/mol. The molecule has 16 heteroatoms. The summed E-state index contributed by atoms with van der Waals surface area (Å²) in [6, 6.07) is 20.5. The van der Waals surface area contributed by atoms with E-state index in [0.29, 0.717) is 76.1 Å². The number of carbonyl (C=O) groups is 3. The molecule has 3 radical (unpaired) electrons. The van der Waals surface area contributed by atoms with Crippen LogP contribution in [0.4, 0.5) is 0 Å². The van der Waals surface area contributed by atoms with E-state index in [1.165, 1.54) is 29.5 Å². The minimum Gasteiger partial charge on any atom is -1.00 e. The first kappa shape index (κ1) is 51.6. The third kappa shape index (κ3) is 11.0. The summed E-state index contributed by atoms with van der Waals surface area (Å²) in [5, 5.41) is 19.1. The van der Waals surface area contributed by atoms with Crippen LogP contribution in [0, 0.1) is 10.8 Å². The van der Waals surface area contributed by atoms with Crippen LogP contribution in [0.5, 0.6) is 0 Å². The number of benzene rings is 2. The van der Waals surface area contributed by atoms with E-state index in [9.17, 15) is 19.5 Å². The van der Waals surface area contributed by atoms with Gasteiger partial charge in [0.15, 0.2) is 5.69 Å². The van der Waals surface area contributed by atoms with Gasteiger partial charge >= 0.3 is 24.8 Å². The summed E-state index contributed by atoms with van der Waals surface area (Å²) in [6.07, 6.45) is 11.7. The van der Waals surface area contributed by atoms with Gasteiger partial charge in [0.05, 0.1) is 80.6 Å². The Balaban J connectivity index is 0.000000198. The van der Waals surface area contributed by atoms with Gasteiger partial charge in [0, 0.05) is 58.9 Å². The van der Waals surface area contributed by atoms with Gasteiger partial charge in [-0.2, -0.15) is 10.2 Å². The van der Waals surface area contributed by atoms with Crippen molar-refractivity contribution in [1.29, 1.82) is 0 Å². The molecule has 68 heavy (non-hydrogen) atoms. The summed E-state index contributed by atoms with van der Waals surface area (Å²) in [5.74, 6) is 0.856. The van der Waals surface area contributed by atoms with Crippen molar-refractivity contribution in [1.82, 2.24) is 29.4 Å². The summed E-state index contributed by atoms with van der Waals surface area (Å²) in [5.41, 5.74) is 7.49. The van der Waals surface area contributed by atoms with Crippen LogP contribution < -0.4 is 18.9 Å². The Morgan fingerprint density at radius 1 is 0.676 bits per heavy atom. The number of carbonyl (C=O) groups excluding carboxylic acids is 3. The molecule has 2 aliphatic carbocycles. The summed E-state index contributed by atoms with van der Waals surface area (Å²) < 4.78 is 25.5. The smallest absolute Gasteiger partial charge is 1.00 e. The first-order valence-electron chi connectivity index (χ1n) is 24.7. The minimum absolute atomic E-state index is 0. The van der Waals surface area contributed by atoms with Gasteiger partial charge < -0.3 is 35.3 Å². The zero-order chi connectivity index (χ0) is 45.5. The zero-order valence-corrected chi connectivity index (χ0v) is 40.4. The third-order valence-electron chi connectivity index (χ3n) is 15.4. The maximum absolute atomic E-state index is 13.4. The Bertz CT molecular complexity index is 2290. The third-order valence-corrected chi connectivity index (χ3v) is 15.4. The maximum atomic E-state index is 13.4. The van der Waals surface area contributed by atoms with Crippen molar-refractivity contribution in [2.75, 3.05) is 46.1 Å². The van der Waals surface area contributed by atoms with Crippen molar-refractivity contribution < 1.29 is 58.7 Å². The van der Waals surface area contributed by atoms with E-state index in [4.69, 9.17) is 18.9 Å². The molecule has 1 N–H and O–H groups in total. The molecule has 7 heterocycles. The zero-order valence-electron chi connectivity index (χ0n) is 41.4. The van der Waals surface area contributed by atoms with Gasteiger partial charge in [-0.1, -0.05) is 60.7 Å². The van der Waals surface area contributed by atoms with Crippen LogP contribution in [0.2, 0.25) is 0 Å². The molecule has 14 nitrogen and oxygen atoms in total. The van der Waals surface area contributed by atoms with Crippen LogP contribution in [0.3, 0.4) is 0 Å². The van der Waals surface area contributed by atoms with Crippen molar-refractivity contribution in [3.63, 3.8) is 0 Å². The van der Waals surface area contributed by atoms with Crippen LogP contribution in [0.25, 0.3) is 0 Å². The second-order valence-electron chi connectivity index (χ2n) is 19.3. The molecule has 359 valence electrons. The second-order valence-corrected chi connectivity index (χ2v) is 19.3. The van der Waals surface area contributed by atoms with Crippen molar-refractivity contribution in [2.24, 2.45) is 10.8 Å². The van der Waals surface area contributed by atoms with Crippen molar-refractivity contribution >= 4 is 26.2 Å². The number of ether oxygens (including phenoxy) is 4. The average molecular weight is 924 g/mol. The SMILES string of the molecule is C1CCOC1.CCOC(=O)c1nn2c(c1C1CCC3(CC1)CCN(Cc1ccccc1)C3=O)COCC2.O=C1N(Cc2ccccc2)CCC12CCC(c1c(CO)nn3c1COCC3)CC2.[B].[H-].[Li+]. The first-order valence-corrected chi connectivity index (χ1v) is 24.7. The number of likely N-dealkylation sites (tertiary alicyclic amines) is 2. The normalized spacial score (nSPS) is 25.1. The number of amides is 2. The largest absolute Gasteiger partial charge is 1.00 e. The van der Waals surface area contributed by atoms with Crippen LogP contribution in [-0.2, 0) is 74.5 Å². The number of hydrogen-bond donors (Lipinski definition) is 1. The van der Waals surface area contributed by atoms with E-state index in [-0.39, 0.29) is 58.0 Å². The molecule has 3 saturated heterocycles. The minimum atomic E-state index is -0.351. The van der Waals surface area contributed by atoms with Crippen molar-refractivity contribution in [3.8, 4) is 0 Å². The molecular formula is C52H69BLiN6O8. The van der Waals surface area contributed by atoms with Gasteiger partial charge in [0.1, 0.15) is 0 Å². The van der Waals surface area contributed by atoms with Gasteiger partial charge in [-0.3, -0.25) is 19.0 Å². The molecule has 2 amide bonds. The molecule has 5 fully saturated rings. The molecule has 2 spiro atoms. The number of nitrogens with zero attached hydrogens (tertiary/aromatic N) is 6. The molecule has 5 aliphatic heterocycles. The Labute approximate surface area is 417 Å². The fourth-order valence-electron chi connectivity index (χ4n) is 11.8. The summed E-state index contributed by atoms with van der Waals surface area (Å²) in [4.78, 5) is 43.4. The molecule has 11 rings (SSSR count). The molecule has 2 aromatic carbocycles. The van der Waals surface area contributed by atoms with Crippen molar-refractivity contribution in [2.45, 2.75) is 142 Å². The second kappa shape index (κ2) is 23.6. The Morgan fingerprint density at radius 2 is 1.15 bits per heavy atom. The van der Waals surface area contributed by atoms with Gasteiger partial charge in [0.25, 0.3) is 0 Å². The molecule has 0 bridgehead atoms. The number of aliphatic hydroxyl groups is 1. The van der Waals surface area contributed by atoms with E-state index < -0.39 is 0 Å². The Kier molecular flexibility index (Phi) is 17.9. The van der Waals surface area contributed by atoms with E-state index in [0.717, 1.165) is 120 Å². The average Bonchev–Trinajstić information content (AvgIpc) is 4.22. The first-order chi connectivity index (χ1) is 32.3. The van der Waals surface area contributed by atoms with Gasteiger partial charge in [0.2, 0.25) is 11.8 Å². The van der Waals surface area contributed by atoms with Gasteiger partial charge in [-0.15, -0.1) is 0 Å². The van der Waals surface area contributed by atoms with Crippen LogP contribution in [0.1, 0.15) is 147 Å². The van der Waals surface area contributed by atoms with Gasteiger partial charge in [-0.25, -0.2) is 4.79 Å². The number of hydrogen-bond acceptors (Lipinski definition) is 10. The Hall–Kier alpha value is -4.23. The molecule has 0 unspecified atom stereocenters. The predicted octanol–water partition coefficient (Wildman–Crippen LogP) is 4.18. The van der Waals surface area contributed by atoms with Crippen molar-refractivity contribution in [3.05, 3.63) is 106 Å². The molecule has 7 aliphatic rings. The summed E-state index contributed by atoms with van der Waals surface area (Å²) in [6.45, 7) is 11.0. The number of aromatic nitrogens is 4. The quantitative estimate of drug-likeness (QED) is 0.192.